The molecule has 2 aromatic rings. The molecule has 0 bridgehead atoms. The average Bonchev–Trinajstić information content (AvgIpc) is 3.02. The summed E-state index contributed by atoms with van der Waals surface area (Å²) in [4.78, 5) is 0. The number of hydrogen-bond donors (Lipinski definition) is 2. The topological polar surface area (TPSA) is 49.9 Å². The highest BCUT2D eigenvalue weighted by Crippen LogP contribution is 2.31. The quantitative estimate of drug-likeness (QED) is 0.829. The number of fused-ring (bicyclic) bond motifs is 1. The van der Waals surface area contributed by atoms with Crippen LogP contribution in [0.4, 0.5) is 0 Å². The second-order valence-corrected chi connectivity index (χ2v) is 6.28. The molecule has 0 saturated heterocycles. The van der Waals surface area contributed by atoms with Gasteiger partial charge in [-0.3, -0.25) is 5.10 Å². The van der Waals surface area contributed by atoms with E-state index in [0.29, 0.717) is 12.1 Å². The van der Waals surface area contributed by atoms with E-state index in [9.17, 15) is 0 Å². The van der Waals surface area contributed by atoms with Crippen LogP contribution in [0.2, 0.25) is 0 Å². The molecule has 4 nitrogen and oxygen atoms in total. The molecule has 1 heterocycles. The number of nitrogens with zero attached hydrogens (tertiary/aromatic N) is 1. The molecule has 0 unspecified atom stereocenters. The van der Waals surface area contributed by atoms with Gasteiger partial charge in [0, 0.05) is 17.0 Å². The predicted molar refractivity (Wildman–Crippen MR) is 97.7 cm³/mol. The summed E-state index contributed by atoms with van der Waals surface area (Å²) in [6, 6.07) is 4.79. The molecule has 2 N–H and O–H groups in total. The van der Waals surface area contributed by atoms with E-state index in [-0.39, 0.29) is 12.4 Å². The van der Waals surface area contributed by atoms with Crippen LogP contribution >= 0.6 is 12.4 Å². The van der Waals surface area contributed by atoms with Gasteiger partial charge in [-0.2, -0.15) is 5.10 Å². The fourth-order valence-electron chi connectivity index (χ4n) is 3.50. The number of rotatable bonds is 6. The molecule has 1 aliphatic rings. The lowest BCUT2D eigenvalue weighted by atomic mass is 9.92. The Morgan fingerprint density at radius 3 is 2.96 bits per heavy atom. The maximum Gasteiger partial charge on any atom is 0.123 e. The van der Waals surface area contributed by atoms with Crippen LogP contribution in [-0.2, 0) is 6.42 Å². The molecule has 128 valence electrons. The molecule has 1 fully saturated rings. The lowest BCUT2D eigenvalue weighted by Crippen LogP contribution is -2.38. The molecular formula is C18H28ClN3O. The molecule has 3 rings (SSSR count). The summed E-state index contributed by atoms with van der Waals surface area (Å²) in [5.41, 5.74) is 2.37. The van der Waals surface area contributed by atoms with Crippen molar-refractivity contribution in [1.82, 2.24) is 15.5 Å². The van der Waals surface area contributed by atoms with Crippen molar-refractivity contribution in [2.75, 3.05) is 6.54 Å². The number of ether oxygens (including phenoxy) is 1. The van der Waals surface area contributed by atoms with Crippen molar-refractivity contribution in [3.05, 3.63) is 23.9 Å². The van der Waals surface area contributed by atoms with Crippen molar-refractivity contribution in [2.24, 2.45) is 0 Å². The summed E-state index contributed by atoms with van der Waals surface area (Å²) in [5, 5.41) is 12.0. The minimum Gasteiger partial charge on any atom is -0.490 e. The molecule has 1 aromatic heterocycles. The summed E-state index contributed by atoms with van der Waals surface area (Å²) in [6.07, 6.45) is 9.22. The molecule has 2 atom stereocenters. The van der Waals surface area contributed by atoms with Crippen LogP contribution in [-0.4, -0.2) is 28.9 Å². The summed E-state index contributed by atoms with van der Waals surface area (Å²) in [5.74, 6) is 1.04. The first-order chi connectivity index (χ1) is 10.8. The first kappa shape index (κ1) is 18.1. The molecule has 0 aliphatic heterocycles. The molecule has 5 heteroatoms. The van der Waals surface area contributed by atoms with Crippen LogP contribution in [0.3, 0.4) is 0 Å². The summed E-state index contributed by atoms with van der Waals surface area (Å²) < 4.78 is 6.38. The smallest absolute Gasteiger partial charge is 0.123 e. The monoisotopic (exact) mass is 337 g/mol. The van der Waals surface area contributed by atoms with Gasteiger partial charge in [-0.25, -0.2) is 0 Å². The number of benzene rings is 1. The Balaban J connectivity index is 0.00000192. The third kappa shape index (κ3) is 4.18. The summed E-state index contributed by atoms with van der Waals surface area (Å²) in [6.45, 7) is 5.51. The van der Waals surface area contributed by atoms with Gasteiger partial charge in [-0.05, 0) is 57.2 Å². The minimum atomic E-state index is 0. The van der Waals surface area contributed by atoms with Gasteiger partial charge in [-0.15, -0.1) is 12.4 Å². The maximum atomic E-state index is 6.38. The van der Waals surface area contributed by atoms with Crippen molar-refractivity contribution in [2.45, 2.75) is 64.5 Å². The highest BCUT2D eigenvalue weighted by molar-refractivity contribution is 5.85. The third-order valence-corrected chi connectivity index (χ3v) is 4.65. The van der Waals surface area contributed by atoms with E-state index in [1.165, 1.54) is 30.2 Å². The lowest BCUT2D eigenvalue weighted by Gasteiger charge is -2.31. The molecule has 0 radical (unpaired) electrons. The highest BCUT2D eigenvalue weighted by atomic mass is 35.5. The fourth-order valence-corrected chi connectivity index (χ4v) is 3.50. The fraction of sp³-hybridized carbons (Fsp3) is 0.611. The zero-order valence-corrected chi connectivity index (χ0v) is 14.9. The Morgan fingerprint density at radius 1 is 1.30 bits per heavy atom. The van der Waals surface area contributed by atoms with Crippen LogP contribution in [0, 0.1) is 0 Å². The van der Waals surface area contributed by atoms with Gasteiger partial charge in [0.15, 0.2) is 0 Å². The van der Waals surface area contributed by atoms with Crippen molar-refractivity contribution in [3.8, 4) is 5.75 Å². The number of aromatic amines is 1. The van der Waals surface area contributed by atoms with Gasteiger partial charge < -0.3 is 10.1 Å². The zero-order valence-electron chi connectivity index (χ0n) is 14.1. The standard InChI is InChI=1S/C18H27N3O.ClH/c1-3-10-19-13-6-5-7-14(11-13)22-18-9-8-17-16(12-20-21-17)15(18)4-2;/h8-9,12-14,19H,3-7,10-11H2,1-2H3,(H,20,21);1H/t13-,14-;/m0./s1. The molecule has 1 aromatic carbocycles. The van der Waals surface area contributed by atoms with Gasteiger partial charge >= 0.3 is 0 Å². The molecule has 0 amide bonds. The number of nitrogens with one attached hydrogen (secondary N) is 2. The number of H-pyrrole nitrogens is 1. The van der Waals surface area contributed by atoms with E-state index in [1.807, 2.05) is 6.20 Å². The summed E-state index contributed by atoms with van der Waals surface area (Å²) >= 11 is 0. The van der Waals surface area contributed by atoms with Crippen LogP contribution in [0.25, 0.3) is 10.9 Å². The average molecular weight is 338 g/mol. The number of hydrogen-bond acceptors (Lipinski definition) is 3. The Morgan fingerprint density at radius 2 is 2.17 bits per heavy atom. The summed E-state index contributed by atoms with van der Waals surface area (Å²) in [7, 11) is 0. The second kappa shape index (κ2) is 8.55. The van der Waals surface area contributed by atoms with Crippen LogP contribution in [0.5, 0.6) is 5.75 Å². The Labute approximate surface area is 144 Å². The first-order valence-corrected chi connectivity index (χ1v) is 8.66. The van der Waals surface area contributed by atoms with Crippen molar-refractivity contribution in [3.63, 3.8) is 0 Å². The van der Waals surface area contributed by atoms with E-state index < -0.39 is 0 Å². The maximum absolute atomic E-state index is 6.38. The second-order valence-electron chi connectivity index (χ2n) is 6.28. The molecule has 0 spiro atoms. The van der Waals surface area contributed by atoms with Crippen molar-refractivity contribution >= 4 is 23.3 Å². The molecule has 1 aliphatic carbocycles. The normalized spacial score (nSPS) is 21.1. The number of aryl methyl sites for hydroxylation is 1. The predicted octanol–water partition coefficient (Wildman–Crippen LogP) is 4.24. The largest absolute Gasteiger partial charge is 0.490 e. The zero-order chi connectivity index (χ0) is 15.4. The molecule has 23 heavy (non-hydrogen) atoms. The lowest BCUT2D eigenvalue weighted by molar-refractivity contribution is 0.134. The van der Waals surface area contributed by atoms with Gasteiger partial charge in [0.2, 0.25) is 0 Å². The van der Waals surface area contributed by atoms with Gasteiger partial charge in [-0.1, -0.05) is 13.8 Å². The van der Waals surface area contributed by atoms with Crippen LogP contribution in [0.1, 0.15) is 51.5 Å². The third-order valence-electron chi connectivity index (χ3n) is 4.65. The first-order valence-electron chi connectivity index (χ1n) is 8.66. The van der Waals surface area contributed by atoms with E-state index in [4.69, 9.17) is 4.74 Å². The van der Waals surface area contributed by atoms with Gasteiger partial charge in [0.05, 0.1) is 11.7 Å². The van der Waals surface area contributed by atoms with E-state index >= 15 is 0 Å². The van der Waals surface area contributed by atoms with Gasteiger partial charge in [0.1, 0.15) is 11.9 Å². The number of halogens is 1. The minimum absolute atomic E-state index is 0. The van der Waals surface area contributed by atoms with E-state index in [2.05, 4.69) is 41.5 Å². The number of aromatic nitrogens is 2. The Bertz CT molecular complexity index is 613. The van der Waals surface area contributed by atoms with Crippen LogP contribution < -0.4 is 10.1 Å². The van der Waals surface area contributed by atoms with Crippen molar-refractivity contribution < 1.29 is 4.74 Å². The van der Waals surface area contributed by atoms with E-state index in [0.717, 1.165) is 37.1 Å². The molecular weight excluding hydrogens is 310 g/mol. The van der Waals surface area contributed by atoms with Crippen LogP contribution in [0.15, 0.2) is 18.3 Å². The Kier molecular flexibility index (Phi) is 6.72. The SMILES string of the molecule is CCCN[C@H]1CCC[C@H](Oc2ccc3[nH]ncc3c2CC)C1.Cl. The Hall–Kier alpha value is -1.26. The van der Waals surface area contributed by atoms with Gasteiger partial charge in [0.25, 0.3) is 0 Å². The van der Waals surface area contributed by atoms with Crippen molar-refractivity contribution in [1.29, 1.82) is 0 Å². The highest BCUT2D eigenvalue weighted by Gasteiger charge is 2.23. The molecule has 1 saturated carbocycles. The van der Waals surface area contributed by atoms with E-state index in [1.54, 1.807) is 0 Å².